The summed E-state index contributed by atoms with van der Waals surface area (Å²) in [6.45, 7) is 0. The van der Waals surface area contributed by atoms with E-state index >= 15 is 0 Å². The lowest BCUT2D eigenvalue weighted by Crippen LogP contribution is -2.05. The molecule has 0 aliphatic carbocycles. The Labute approximate surface area is 110 Å². The number of aliphatic hydroxyl groups is 1. The van der Waals surface area contributed by atoms with Gasteiger partial charge in [-0.3, -0.25) is 4.98 Å². The van der Waals surface area contributed by atoms with Gasteiger partial charge in [-0.1, -0.05) is 6.07 Å². The predicted octanol–water partition coefficient (Wildman–Crippen LogP) is 2.09. The zero-order chi connectivity index (χ0) is 13.8. The molecule has 0 saturated carbocycles. The molecule has 19 heavy (non-hydrogen) atoms. The van der Waals surface area contributed by atoms with E-state index in [0.717, 1.165) is 5.56 Å². The Balaban J connectivity index is 2.20. The zero-order valence-corrected chi connectivity index (χ0v) is 10.5. The van der Waals surface area contributed by atoms with Crippen LogP contribution in [0.5, 0.6) is 5.75 Å². The highest BCUT2D eigenvalue weighted by molar-refractivity contribution is 5.45. The van der Waals surface area contributed by atoms with E-state index in [9.17, 15) is 9.50 Å². The Morgan fingerprint density at radius 1 is 1.42 bits per heavy atom. The molecule has 0 bridgehead atoms. The highest BCUT2D eigenvalue weighted by Crippen LogP contribution is 2.26. The van der Waals surface area contributed by atoms with Crippen LogP contribution in [0.25, 0.3) is 0 Å². The van der Waals surface area contributed by atoms with Crippen molar-refractivity contribution >= 4 is 5.69 Å². The number of benzene rings is 1. The number of hydrogen-bond donors (Lipinski definition) is 2. The van der Waals surface area contributed by atoms with Gasteiger partial charge in [0.05, 0.1) is 13.2 Å². The van der Waals surface area contributed by atoms with Crippen molar-refractivity contribution in [3.8, 4) is 5.75 Å². The first-order chi connectivity index (χ1) is 9.11. The highest BCUT2D eigenvalue weighted by Gasteiger charge is 2.13. The number of nitrogens with zero attached hydrogens (tertiary/aromatic N) is 1. The van der Waals surface area contributed by atoms with Crippen LogP contribution in [0.3, 0.4) is 0 Å². The molecule has 3 N–H and O–H groups in total. The molecule has 2 rings (SSSR count). The molecule has 5 heteroatoms. The Bertz CT molecular complexity index is 575. The van der Waals surface area contributed by atoms with Gasteiger partial charge in [0.25, 0.3) is 0 Å². The van der Waals surface area contributed by atoms with Crippen molar-refractivity contribution in [3.63, 3.8) is 0 Å². The summed E-state index contributed by atoms with van der Waals surface area (Å²) in [5, 5.41) is 10.1. The van der Waals surface area contributed by atoms with E-state index in [0.29, 0.717) is 17.7 Å². The van der Waals surface area contributed by atoms with E-state index < -0.39 is 11.9 Å². The number of nitrogens with two attached hydrogens (primary N) is 1. The van der Waals surface area contributed by atoms with E-state index in [1.165, 1.54) is 25.3 Å². The van der Waals surface area contributed by atoms with Crippen molar-refractivity contribution in [2.45, 2.75) is 12.5 Å². The van der Waals surface area contributed by atoms with Gasteiger partial charge in [0.15, 0.2) is 11.6 Å². The van der Waals surface area contributed by atoms with Gasteiger partial charge < -0.3 is 15.6 Å². The molecule has 0 amide bonds. The number of aliphatic hydroxyl groups excluding tert-OH is 1. The molecule has 1 aromatic heterocycles. The van der Waals surface area contributed by atoms with Crippen LogP contribution in [0.15, 0.2) is 36.7 Å². The van der Waals surface area contributed by atoms with Crippen LogP contribution in [0, 0.1) is 5.82 Å². The molecule has 0 fully saturated rings. The fourth-order valence-corrected chi connectivity index (χ4v) is 1.82. The summed E-state index contributed by atoms with van der Waals surface area (Å²) in [5.74, 6) is -0.352. The van der Waals surface area contributed by atoms with Crippen LogP contribution in [-0.2, 0) is 6.42 Å². The van der Waals surface area contributed by atoms with Gasteiger partial charge in [0.1, 0.15) is 0 Å². The van der Waals surface area contributed by atoms with Gasteiger partial charge in [0.2, 0.25) is 0 Å². The molecular weight excluding hydrogens is 247 g/mol. The lowest BCUT2D eigenvalue weighted by Gasteiger charge is -2.13. The second-order valence-corrected chi connectivity index (χ2v) is 4.19. The molecule has 100 valence electrons. The molecule has 0 radical (unpaired) electrons. The summed E-state index contributed by atoms with van der Waals surface area (Å²) >= 11 is 0. The second-order valence-electron chi connectivity index (χ2n) is 4.19. The third-order valence-corrected chi connectivity index (χ3v) is 2.91. The SMILES string of the molecule is COc1cc(C(O)Cc2cnccc2N)ccc1F. The van der Waals surface area contributed by atoms with Gasteiger partial charge in [-0.05, 0) is 29.3 Å². The quantitative estimate of drug-likeness (QED) is 0.885. The number of rotatable bonds is 4. The summed E-state index contributed by atoms with van der Waals surface area (Å²) in [5.41, 5.74) is 7.68. The summed E-state index contributed by atoms with van der Waals surface area (Å²) in [6.07, 6.45) is 2.72. The zero-order valence-electron chi connectivity index (χ0n) is 10.5. The number of aromatic nitrogens is 1. The summed E-state index contributed by atoms with van der Waals surface area (Å²) in [7, 11) is 1.38. The maximum atomic E-state index is 13.3. The number of nitrogen functional groups attached to an aromatic ring is 1. The minimum absolute atomic E-state index is 0.107. The molecule has 1 heterocycles. The maximum absolute atomic E-state index is 13.3. The molecule has 1 atom stereocenters. The number of methoxy groups -OCH3 is 1. The summed E-state index contributed by atoms with van der Waals surface area (Å²) < 4.78 is 18.2. The number of ether oxygens (including phenoxy) is 1. The Kier molecular flexibility index (Phi) is 3.97. The number of pyridine rings is 1. The Hall–Kier alpha value is -2.14. The summed E-state index contributed by atoms with van der Waals surface area (Å²) in [4.78, 5) is 3.96. The van der Waals surface area contributed by atoms with Crippen molar-refractivity contribution in [2.75, 3.05) is 12.8 Å². The first-order valence-electron chi connectivity index (χ1n) is 5.81. The predicted molar refractivity (Wildman–Crippen MR) is 70.3 cm³/mol. The number of hydrogen-bond acceptors (Lipinski definition) is 4. The molecule has 0 aliphatic rings. The van der Waals surface area contributed by atoms with Crippen molar-refractivity contribution < 1.29 is 14.2 Å². The fourth-order valence-electron chi connectivity index (χ4n) is 1.82. The minimum atomic E-state index is -0.791. The average Bonchev–Trinajstić information content (AvgIpc) is 2.42. The van der Waals surface area contributed by atoms with Crippen molar-refractivity contribution in [2.24, 2.45) is 0 Å². The molecular formula is C14H15FN2O2. The lowest BCUT2D eigenvalue weighted by molar-refractivity contribution is 0.178. The lowest BCUT2D eigenvalue weighted by atomic mass is 10.0. The smallest absolute Gasteiger partial charge is 0.165 e. The van der Waals surface area contributed by atoms with Crippen LogP contribution in [0.1, 0.15) is 17.2 Å². The molecule has 0 saturated heterocycles. The van der Waals surface area contributed by atoms with Crippen molar-refractivity contribution in [3.05, 3.63) is 53.6 Å². The first-order valence-corrected chi connectivity index (χ1v) is 5.81. The molecule has 1 aromatic carbocycles. The van der Waals surface area contributed by atoms with E-state index in [2.05, 4.69) is 4.98 Å². The second kappa shape index (κ2) is 5.67. The third-order valence-electron chi connectivity index (χ3n) is 2.91. The number of halogens is 1. The van der Waals surface area contributed by atoms with Crippen LogP contribution in [-0.4, -0.2) is 17.2 Å². The van der Waals surface area contributed by atoms with E-state index in [1.807, 2.05) is 0 Å². The van der Waals surface area contributed by atoms with E-state index in [4.69, 9.17) is 10.5 Å². The van der Waals surface area contributed by atoms with Crippen LogP contribution in [0.4, 0.5) is 10.1 Å². The van der Waals surface area contributed by atoms with Crippen LogP contribution >= 0.6 is 0 Å². The van der Waals surface area contributed by atoms with Gasteiger partial charge in [-0.15, -0.1) is 0 Å². The molecule has 1 unspecified atom stereocenters. The van der Waals surface area contributed by atoms with E-state index in [1.54, 1.807) is 18.5 Å². The van der Waals surface area contributed by atoms with Crippen molar-refractivity contribution in [1.82, 2.24) is 4.98 Å². The maximum Gasteiger partial charge on any atom is 0.165 e. The Morgan fingerprint density at radius 3 is 2.89 bits per heavy atom. The van der Waals surface area contributed by atoms with Gasteiger partial charge in [-0.25, -0.2) is 4.39 Å². The molecule has 0 spiro atoms. The first kappa shape index (κ1) is 13.3. The molecule has 2 aromatic rings. The van der Waals surface area contributed by atoms with Crippen LogP contribution < -0.4 is 10.5 Å². The highest BCUT2D eigenvalue weighted by atomic mass is 19.1. The molecule has 4 nitrogen and oxygen atoms in total. The molecule has 0 aliphatic heterocycles. The largest absolute Gasteiger partial charge is 0.494 e. The topological polar surface area (TPSA) is 68.4 Å². The van der Waals surface area contributed by atoms with Crippen molar-refractivity contribution in [1.29, 1.82) is 0 Å². The average molecular weight is 262 g/mol. The van der Waals surface area contributed by atoms with Crippen LogP contribution in [0.2, 0.25) is 0 Å². The third kappa shape index (κ3) is 3.00. The Morgan fingerprint density at radius 2 is 2.21 bits per heavy atom. The number of anilines is 1. The monoisotopic (exact) mass is 262 g/mol. The minimum Gasteiger partial charge on any atom is -0.494 e. The summed E-state index contributed by atoms with van der Waals surface area (Å²) in [6, 6.07) is 5.94. The van der Waals surface area contributed by atoms with Gasteiger partial charge in [0, 0.05) is 24.5 Å². The fraction of sp³-hybridized carbons (Fsp3) is 0.214. The van der Waals surface area contributed by atoms with Gasteiger partial charge >= 0.3 is 0 Å². The normalized spacial score (nSPS) is 12.2. The standard InChI is InChI=1S/C14H15FN2O2/c1-19-14-7-9(2-3-11(14)15)13(18)6-10-8-17-5-4-12(10)16/h2-5,7-8,13,18H,6H2,1H3,(H2,16,17). The van der Waals surface area contributed by atoms with E-state index in [-0.39, 0.29) is 5.75 Å². The van der Waals surface area contributed by atoms with Gasteiger partial charge in [-0.2, -0.15) is 0 Å².